The zero-order valence-corrected chi connectivity index (χ0v) is 11.9. The van der Waals surface area contributed by atoms with Gasteiger partial charge in [-0.2, -0.15) is 0 Å². The number of carboxylic acid groups (broad SMARTS) is 2. The van der Waals surface area contributed by atoms with Crippen LogP contribution in [0.25, 0.3) is 0 Å². The molecule has 0 aromatic rings. The summed E-state index contributed by atoms with van der Waals surface area (Å²) in [5, 5.41) is 20.2. The third kappa shape index (κ3) is 6.76. The number of aliphatic carboxylic acids is 2. The Morgan fingerprint density at radius 2 is 2.05 bits per heavy atom. The standard InChI is InChI=1S/C12H20N2O5S/c15-10(14-9(12(18)19)7-11(16)17)4-2-1-3-8-5-6-13-20-8/h8-9,13H,1-7H2,(H,14,15)(H,16,17)(H,18,19). The summed E-state index contributed by atoms with van der Waals surface area (Å²) in [6.45, 7) is 1.02. The van der Waals surface area contributed by atoms with Crippen molar-refractivity contribution in [2.45, 2.75) is 49.8 Å². The van der Waals surface area contributed by atoms with Gasteiger partial charge in [0.05, 0.1) is 6.42 Å². The normalized spacial score (nSPS) is 19.5. The molecule has 8 heteroatoms. The number of nitrogens with one attached hydrogen (secondary N) is 2. The summed E-state index contributed by atoms with van der Waals surface area (Å²) >= 11 is 1.73. The van der Waals surface area contributed by atoms with Crippen molar-refractivity contribution < 1.29 is 24.6 Å². The van der Waals surface area contributed by atoms with Gasteiger partial charge >= 0.3 is 11.9 Å². The molecule has 1 fully saturated rings. The minimum atomic E-state index is -1.35. The number of carboxylic acids is 2. The molecule has 0 bridgehead atoms. The summed E-state index contributed by atoms with van der Waals surface area (Å²) in [6.07, 6.45) is 3.38. The van der Waals surface area contributed by atoms with Crippen molar-refractivity contribution in [3.8, 4) is 0 Å². The Hall–Kier alpha value is -1.28. The average Bonchev–Trinajstić information content (AvgIpc) is 2.86. The lowest BCUT2D eigenvalue weighted by atomic mass is 10.1. The third-order valence-corrected chi connectivity index (χ3v) is 4.19. The number of carbonyl (C=O) groups excluding carboxylic acids is 1. The predicted molar refractivity (Wildman–Crippen MR) is 74.3 cm³/mol. The highest BCUT2D eigenvalue weighted by Crippen LogP contribution is 2.22. The van der Waals surface area contributed by atoms with Crippen LogP contribution in [0, 0.1) is 0 Å². The fraction of sp³-hybridized carbons (Fsp3) is 0.750. The topological polar surface area (TPSA) is 116 Å². The molecular weight excluding hydrogens is 284 g/mol. The first-order valence-corrected chi connectivity index (χ1v) is 7.49. The number of amides is 1. The van der Waals surface area contributed by atoms with Crippen LogP contribution >= 0.6 is 11.9 Å². The SMILES string of the molecule is O=C(O)CC(NC(=O)CCCCC1CCNS1)C(=O)O. The molecule has 4 N–H and O–H groups in total. The highest BCUT2D eigenvalue weighted by atomic mass is 32.2. The van der Waals surface area contributed by atoms with E-state index in [-0.39, 0.29) is 6.42 Å². The minimum Gasteiger partial charge on any atom is -0.481 e. The molecule has 20 heavy (non-hydrogen) atoms. The van der Waals surface area contributed by atoms with E-state index in [4.69, 9.17) is 10.2 Å². The lowest BCUT2D eigenvalue weighted by Gasteiger charge is -2.12. The van der Waals surface area contributed by atoms with Crippen molar-refractivity contribution in [2.75, 3.05) is 6.54 Å². The van der Waals surface area contributed by atoms with Crippen LogP contribution in [0.2, 0.25) is 0 Å². The monoisotopic (exact) mass is 304 g/mol. The van der Waals surface area contributed by atoms with Crippen molar-refractivity contribution in [1.29, 1.82) is 0 Å². The maximum absolute atomic E-state index is 11.6. The van der Waals surface area contributed by atoms with E-state index >= 15 is 0 Å². The first-order valence-electron chi connectivity index (χ1n) is 6.61. The molecule has 1 heterocycles. The van der Waals surface area contributed by atoms with Crippen LogP contribution in [-0.4, -0.2) is 45.9 Å². The Morgan fingerprint density at radius 1 is 1.30 bits per heavy atom. The average molecular weight is 304 g/mol. The lowest BCUT2D eigenvalue weighted by Crippen LogP contribution is -2.42. The summed E-state index contributed by atoms with van der Waals surface area (Å²) in [5.74, 6) is -2.98. The largest absolute Gasteiger partial charge is 0.481 e. The highest BCUT2D eigenvalue weighted by Gasteiger charge is 2.22. The van der Waals surface area contributed by atoms with Gasteiger partial charge in [0.2, 0.25) is 5.91 Å². The Morgan fingerprint density at radius 3 is 2.60 bits per heavy atom. The van der Waals surface area contributed by atoms with Gasteiger partial charge < -0.3 is 15.5 Å². The maximum Gasteiger partial charge on any atom is 0.326 e. The predicted octanol–water partition coefficient (Wildman–Crippen LogP) is 0.601. The molecule has 7 nitrogen and oxygen atoms in total. The number of unbranched alkanes of at least 4 members (excludes halogenated alkanes) is 1. The molecule has 1 rings (SSSR count). The van der Waals surface area contributed by atoms with Gasteiger partial charge in [0.25, 0.3) is 0 Å². The van der Waals surface area contributed by atoms with E-state index in [0.717, 1.165) is 25.8 Å². The molecule has 0 aromatic carbocycles. The Balaban J connectivity index is 2.17. The molecule has 0 radical (unpaired) electrons. The summed E-state index contributed by atoms with van der Waals surface area (Å²) in [7, 11) is 0. The molecule has 114 valence electrons. The number of rotatable bonds is 9. The molecule has 1 amide bonds. The molecule has 0 spiro atoms. The quantitative estimate of drug-likeness (QED) is 0.364. The van der Waals surface area contributed by atoms with Crippen LogP contribution in [0.1, 0.15) is 38.5 Å². The van der Waals surface area contributed by atoms with Crippen LogP contribution in [0.5, 0.6) is 0 Å². The second-order valence-electron chi connectivity index (χ2n) is 4.72. The van der Waals surface area contributed by atoms with Gasteiger partial charge in [0.15, 0.2) is 0 Å². The van der Waals surface area contributed by atoms with Crippen molar-refractivity contribution in [3.63, 3.8) is 0 Å². The molecule has 2 unspecified atom stereocenters. The number of carbonyl (C=O) groups is 3. The molecule has 1 aliphatic rings. The van der Waals surface area contributed by atoms with Gasteiger partial charge in [-0.3, -0.25) is 14.3 Å². The molecule has 1 saturated heterocycles. The van der Waals surface area contributed by atoms with Crippen molar-refractivity contribution in [2.24, 2.45) is 0 Å². The first kappa shape index (κ1) is 16.8. The van der Waals surface area contributed by atoms with E-state index < -0.39 is 30.3 Å². The van der Waals surface area contributed by atoms with Crippen molar-refractivity contribution in [3.05, 3.63) is 0 Å². The Bertz CT molecular complexity index is 358. The molecule has 0 aliphatic carbocycles. The number of hydrogen-bond acceptors (Lipinski definition) is 5. The summed E-state index contributed by atoms with van der Waals surface area (Å²) < 4.78 is 3.20. The Labute approximate surface area is 121 Å². The van der Waals surface area contributed by atoms with Crippen LogP contribution in [0.15, 0.2) is 0 Å². The minimum absolute atomic E-state index is 0.230. The van der Waals surface area contributed by atoms with Gasteiger partial charge in [-0.1, -0.05) is 18.4 Å². The van der Waals surface area contributed by atoms with Crippen LogP contribution in [0.4, 0.5) is 0 Å². The second kappa shape index (κ2) is 8.80. The fourth-order valence-corrected chi connectivity index (χ4v) is 2.95. The van der Waals surface area contributed by atoms with Crippen molar-refractivity contribution in [1.82, 2.24) is 10.0 Å². The smallest absolute Gasteiger partial charge is 0.326 e. The van der Waals surface area contributed by atoms with Crippen LogP contribution in [-0.2, 0) is 14.4 Å². The Kier molecular flexibility index (Phi) is 7.38. The van der Waals surface area contributed by atoms with E-state index in [1.165, 1.54) is 0 Å². The van der Waals surface area contributed by atoms with Gasteiger partial charge in [0.1, 0.15) is 6.04 Å². The maximum atomic E-state index is 11.6. The third-order valence-electron chi connectivity index (χ3n) is 3.01. The zero-order chi connectivity index (χ0) is 15.0. The van der Waals surface area contributed by atoms with Gasteiger partial charge in [-0.05, 0) is 19.3 Å². The fourth-order valence-electron chi connectivity index (χ4n) is 1.96. The molecule has 0 aromatic heterocycles. The summed E-state index contributed by atoms with van der Waals surface area (Å²) in [5.41, 5.74) is 0. The summed E-state index contributed by atoms with van der Waals surface area (Å²) in [6, 6.07) is -1.35. The molecular formula is C12H20N2O5S. The second-order valence-corrected chi connectivity index (χ2v) is 5.92. The molecule has 1 aliphatic heterocycles. The van der Waals surface area contributed by atoms with Crippen LogP contribution < -0.4 is 10.0 Å². The van der Waals surface area contributed by atoms with Gasteiger partial charge in [0, 0.05) is 18.2 Å². The summed E-state index contributed by atoms with van der Waals surface area (Å²) in [4.78, 5) is 32.8. The van der Waals surface area contributed by atoms with Gasteiger partial charge in [-0.25, -0.2) is 4.79 Å². The zero-order valence-electron chi connectivity index (χ0n) is 11.1. The van der Waals surface area contributed by atoms with Crippen molar-refractivity contribution >= 4 is 29.8 Å². The van der Waals surface area contributed by atoms with Gasteiger partial charge in [-0.15, -0.1) is 0 Å². The first-order chi connectivity index (χ1) is 9.49. The van der Waals surface area contributed by atoms with E-state index in [1.807, 2.05) is 0 Å². The highest BCUT2D eigenvalue weighted by molar-refractivity contribution is 7.98. The van der Waals surface area contributed by atoms with E-state index in [2.05, 4.69) is 10.0 Å². The van der Waals surface area contributed by atoms with Crippen LogP contribution in [0.3, 0.4) is 0 Å². The van der Waals surface area contributed by atoms with E-state index in [0.29, 0.717) is 11.7 Å². The molecule has 0 saturated carbocycles. The van der Waals surface area contributed by atoms with E-state index in [9.17, 15) is 14.4 Å². The number of hydrogen-bond donors (Lipinski definition) is 4. The lowest BCUT2D eigenvalue weighted by molar-refractivity contribution is -0.147. The molecule has 2 atom stereocenters. The van der Waals surface area contributed by atoms with E-state index in [1.54, 1.807) is 11.9 Å².